The lowest BCUT2D eigenvalue weighted by atomic mass is 9.98. The Morgan fingerprint density at radius 1 is 1.25 bits per heavy atom. The van der Waals surface area contributed by atoms with Gasteiger partial charge in [0, 0.05) is 5.56 Å². The molecule has 0 aliphatic carbocycles. The van der Waals surface area contributed by atoms with Crippen molar-refractivity contribution < 1.29 is 26.4 Å². The third kappa shape index (κ3) is 3.50. The second kappa shape index (κ2) is 5.43. The topological polar surface area (TPSA) is 63.2 Å². The fourth-order valence-electron chi connectivity index (χ4n) is 1.50. The highest BCUT2D eigenvalue weighted by atomic mass is 32.2. The first kappa shape index (κ1) is 16.5. The van der Waals surface area contributed by atoms with Gasteiger partial charge in [-0.05, 0) is 30.5 Å². The molecule has 20 heavy (non-hydrogen) atoms. The van der Waals surface area contributed by atoms with Crippen LogP contribution in [0.2, 0.25) is 0 Å². The number of alkyl halides is 3. The van der Waals surface area contributed by atoms with Crippen LogP contribution in [0.5, 0.6) is 0 Å². The van der Waals surface area contributed by atoms with Gasteiger partial charge in [-0.15, -0.1) is 0 Å². The number of nitrogens with one attached hydrogen (secondary N) is 1. The molecular weight excluding hydrogens is 295 g/mol. The van der Waals surface area contributed by atoms with Crippen molar-refractivity contribution in [3.05, 3.63) is 29.3 Å². The minimum atomic E-state index is -5.54. The van der Waals surface area contributed by atoms with E-state index in [9.17, 15) is 26.4 Å². The number of sulfonamides is 1. The van der Waals surface area contributed by atoms with Crippen LogP contribution < -0.4 is 4.72 Å². The number of hydrogen-bond donors (Lipinski definition) is 1. The van der Waals surface area contributed by atoms with Crippen LogP contribution in [0, 0.1) is 0 Å². The summed E-state index contributed by atoms with van der Waals surface area (Å²) in [6.07, 6.45) is 0. The highest BCUT2D eigenvalue weighted by Gasteiger charge is 2.46. The summed E-state index contributed by atoms with van der Waals surface area (Å²) in [5, 5.41) is 0. The van der Waals surface area contributed by atoms with Gasteiger partial charge < -0.3 is 0 Å². The largest absolute Gasteiger partial charge is 0.516 e. The van der Waals surface area contributed by atoms with E-state index in [0.717, 1.165) is 18.6 Å². The fraction of sp³-hybridized carbons (Fsp3) is 0.417. The van der Waals surface area contributed by atoms with E-state index in [1.165, 1.54) is 16.9 Å². The molecule has 0 atom stereocenters. The monoisotopic (exact) mass is 309 g/mol. The van der Waals surface area contributed by atoms with Crippen LogP contribution in [0.15, 0.2) is 18.2 Å². The van der Waals surface area contributed by atoms with Crippen molar-refractivity contribution in [3.63, 3.8) is 0 Å². The van der Waals surface area contributed by atoms with E-state index in [1.54, 1.807) is 0 Å². The van der Waals surface area contributed by atoms with Gasteiger partial charge in [-0.25, -0.2) is 0 Å². The van der Waals surface area contributed by atoms with Gasteiger partial charge in [0.05, 0.1) is 5.69 Å². The number of Topliss-reactive ketones (excluding diaryl/α,β-unsaturated/α-hetero) is 1. The van der Waals surface area contributed by atoms with Gasteiger partial charge in [-0.3, -0.25) is 9.52 Å². The molecule has 112 valence electrons. The van der Waals surface area contributed by atoms with Crippen LogP contribution in [0.25, 0.3) is 0 Å². The molecule has 4 nitrogen and oxygen atoms in total. The molecular formula is C12H14F3NO3S. The highest BCUT2D eigenvalue weighted by Crippen LogP contribution is 2.29. The molecule has 0 aliphatic rings. The van der Waals surface area contributed by atoms with Crippen LogP contribution in [-0.4, -0.2) is 19.7 Å². The molecule has 0 fully saturated rings. The summed E-state index contributed by atoms with van der Waals surface area (Å²) >= 11 is 0. The predicted molar refractivity (Wildman–Crippen MR) is 69.1 cm³/mol. The highest BCUT2D eigenvalue weighted by molar-refractivity contribution is 7.93. The summed E-state index contributed by atoms with van der Waals surface area (Å²) in [5.41, 5.74) is -5.17. The van der Waals surface area contributed by atoms with Gasteiger partial charge in [0.15, 0.2) is 5.78 Å². The average Bonchev–Trinajstić information content (AvgIpc) is 2.26. The second-order valence-electron chi connectivity index (χ2n) is 4.57. The number of hydrogen-bond acceptors (Lipinski definition) is 3. The number of halogens is 3. The number of carbonyl (C=O) groups excluding carboxylic acids is 1. The van der Waals surface area contributed by atoms with E-state index in [2.05, 4.69) is 0 Å². The van der Waals surface area contributed by atoms with E-state index in [0.29, 0.717) is 0 Å². The molecule has 1 aromatic rings. The maximum absolute atomic E-state index is 12.3. The Kier molecular flexibility index (Phi) is 4.48. The zero-order valence-electron chi connectivity index (χ0n) is 11.1. The molecule has 1 rings (SSSR count). The third-order valence-electron chi connectivity index (χ3n) is 2.64. The third-order valence-corrected chi connectivity index (χ3v) is 3.74. The Morgan fingerprint density at radius 2 is 1.80 bits per heavy atom. The van der Waals surface area contributed by atoms with E-state index in [4.69, 9.17) is 0 Å². The maximum atomic E-state index is 12.3. The summed E-state index contributed by atoms with van der Waals surface area (Å²) in [6, 6.07) is 4.03. The van der Waals surface area contributed by atoms with Crippen molar-refractivity contribution in [2.24, 2.45) is 0 Å². The first-order valence-electron chi connectivity index (χ1n) is 5.69. The van der Waals surface area contributed by atoms with E-state index in [-0.39, 0.29) is 17.2 Å². The Labute approximate surface area is 115 Å². The van der Waals surface area contributed by atoms with Crippen molar-refractivity contribution >= 4 is 21.5 Å². The second-order valence-corrected chi connectivity index (χ2v) is 6.24. The molecule has 0 unspecified atom stereocenters. The fourth-order valence-corrected chi connectivity index (χ4v) is 2.09. The molecule has 0 spiro atoms. The summed E-state index contributed by atoms with van der Waals surface area (Å²) in [4.78, 5) is 11.5. The summed E-state index contributed by atoms with van der Waals surface area (Å²) in [5.74, 6) is -0.464. The maximum Gasteiger partial charge on any atom is 0.516 e. The number of benzene rings is 1. The molecule has 0 saturated heterocycles. The van der Waals surface area contributed by atoms with Gasteiger partial charge in [-0.2, -0.15) is 21.6 Å². The van der Waals surface area contributed by atoms with Crippen LogP contribution in [0.1, 0.15) is 42.6 Å². The molecule has 0 bridgehead atoms. The van der Waals surface area contributed by atoms with Gasteiger partial charge in [0.2, 0.25) is 0 Å². The quantitative estimate of drug-likeness (QED) is 0.868. The van der Waals surface area contributed by atoms with Gasteiger partial charge in [0.1, 0.15) is 0 Å². The average molecular weight is 309 g/mol. The standard InChI is InChI=1S/C12H14F3NO3S/c1-7(2)9-4-5-11(10(6-9)8(3)17)16-20(18,19)12(13,14)15/h4-7,16H,1-3H3. The molecule has 0 saturated carbocycles. The lowest BCUT2D eigenvalue weighted by Gasteiger charge is -2.15. The van der Waals surface area contributed by atoms with Crippen molar-refractivity contribution in [1.29, 1.82) is 0 Å². The Hall–Kier alpha value is -1.57. The molecule has 0 amide bonds. The van der Waals surface area contributed by atoms with E-state index >= 15 is 0 Å². The molecule has 1 aromatic carbocycles. The van der Waals surface area contributed by atoms with Gasteiger partial charge in [0.25, 0.3) is 0 Å². The van der Waals surface area contributed by atoms with E-state index < -0.39 is 21.3 Å². The zero-order chi connectivity index (χ0) is 15.7. The number of anilines is 1. The van der Waals surface area contributed by atoms with Crippen LogP contribution >= 0.6 is 0 Å². The van der Waals surface area contributed by atoms with Crippen LogP contribution in [0.3, 0.4) is 0 Å². The molecule has 0 radical (unpaired) electrons. The Morgan fingerprint density at radius 3 is 2.20 bits per heavy atom. The normalized spacial score (nSPS) is 12.6. The Bertz CT molecular complexity index is 621. The van der Waals surface area contributed by atoms with Crippen molar-refractivity contribution in [3.8, 4) is 0 Å². The first-order chi connectivity index (χ1) is 8.95. The minimum absolute atomic E-state index is 0.0568. The van der Waals surface area contributed by atoms with Crippen molar-refractivity contribution in [2.45, 2.75) is 32.2 Å². The number of rotatable bonds is 4. The van der Waals surface area contributed by atoms with Crippen molar-refractivity contribution in [2.75, 3.05) is 4.72 Å². The first-order valence-corrected chi connectivity index (χ1v) is 7.18. The van der Waals surface area contributed by atoms with Crippen LogP contribution in [0.4, 0.5) is 18.9 Å². The SMILES string of the molecule is CC(=O)c1cc(C(C)C)ccc1NS(=O)(=O)C(F)(F)F. The van der Waals surface area contributed by atoms with Gasteiger partial charge >= 0.3 is 15.5 Å². The zero-order valence-corrected chi connectivity index (χ0v) is 11.9. The number of ketones is 1. The number of carbonyl (C=O) groups is 1. The predicted octanol–water partition coefficient (Wildman–Crippen LogP) is 3.27. The molecule has 0 heterocycles. The minimum Gasteiger partial charge on any atom is -0.294 e. The van der Waals surface area contributed by atoms with Crippen LogP contribution in [-0.2, 0) is 10.0 Å². The smallest absolute Gasteiger partial charge is 0.294 e. The lowest BCUT2D eigenvalue weighted by Crippen LogP contribution is -2.30. The summed E-state index contributed by atoms with van der Waals surface area (Å²) in [7, 11) is -5.54. The van der Waals surface area contributed by atoms with Gasteiger partial charge in [-0.1, -0.05) is 19.9 Å². The summed E-state index contributed by atoms with van der Waals surface area (Å²) in [6.45, 7) is 4.85. The molecule has 1 N–H and O–H groups in total. The molecule has 0 aromatic heterocycles. The van der Waals surface area contributed by atoms with E-state index in [1.807, 2.05) is 13.8 Å². The Balaban J connectivity index is 3.30. The summed E-state index contributed by atoms with van der Waals surface area (Å²) < 4.78 is 60.5. The lowest BCUT2D eigenvalue weighted by molar-refractivity contribution is -0.0429. The molecule has 0 aliphatic heterocycles. The van der Waals surface area contributed by atoms with Crippen molar-refractivity contribution in [1.82, 2.24) is 0 Å². The molecule has 8 heteroatoms.